The third-order valence-electron chi connectivity index (χ3n) is 2.60. The minimum atomic E-state index is -0.263. The molecule has 0 aromatic heterocycles. The van der Waals surface area contributed by atoms with Crippen LogP contribution in [0.2, 0.25) is 0 Å². The first-order valence-corrected chi connectivity index (χ1v) is 4.68. The molecule has 0 heterocycles. The standard InChI is InChI=1S/C9H18N2O2/c1-11(9(12)13-2)6-7-3-4-8(10)5-7/h7-8H,3-6,10H2,1-2H3. The van der Waals surface area contributed by atoms with E-state index in [-0.39, 0.29) is 6.09 Å². The molecule has 1 rings (SSSR count). The smallest absolute Gasteiger partial charge is 0.409 e. The summed E-state index contributed by atoms with van der Waals surface area (Å²) in [6, 6.07) is 0.330. The van der Waals surface area contributed by atoms with Crippen LogP contribution in [0.25, 0.3) is 0 Å². The molecular weight excluding hydrogens is 168 g/mol. The van der Waals surface area contributed by atoms with E-state index in [2.05, 4.69) is 4.74 Å². The van der Waals surface area contributed by atoms with Crippen molar-refractivity contribution in [1.82, 2.24) is 4.90 Å². The zero-order valence-corrected chi connectivity index (χ0v) is 8.32. The van der Waals surface area contributed by atoms with Crippen molar-refractivity contribution in [2.75, 3.05) is 20.7 Å². The average Bonchev–Trinajstić information content (AvgIpc) is 2.49. The second-order valence-electron chi connectivity index (χ2n) is 3.79. The minimum Gasteiger partial charge on any atom is -0.453 e. The molecule has 0 aliphatic heterocycles. The lowest BCUT2D eigenvalue weighted by Crippen LogP contribution is -2.31. The number of nitrogens with zero attached hydrogens (tertiary/aromatic N) is 1. The fraction of sp³-hybridized carbons (Fsp3) is 0.889. The highest BCUT2D eigenvalue weighted by molar-refractivity contribution is 5.66. The van der Waals surface area contributed by atoms with Crippen LogP contribution in [0.15, 0.2) is 0 Å². The van der Waals surface area contributed by atoms with Gasteiger partial charge in [-0.1, -0.05) is 0 Å². The van der Waals surface area contributed by atoms with Gasteiger partial charge in [-0.25, -0.2) is 4.79 Å². The van der Waals surface area contributed by atoms with Gasteiger partial charge in [0.05, 0.1) is 7.11 Å². The molecule has 0 radical (unpaired) electrons. The Labute approximate surface area is 79.0 Å². The Bertz CT molecular complexity index is 184. The summed E-state index contributed by atoms with van der Waals surface area (Å²) >= 11 is 0. The van der Waals surface area contributed by atoms with Gasteiger partial charge in [-0.05, 0) is 25.2 Å². The molecule has 0 saturated heterocycles. The number of hydrogen-bond donors (Lipinski definition) is 1. The number of carbonyl (C=O) groups excluding carboxylic acids is 1. The molecule has 2 unspecified atom stereocenters. The molecule has 0 aromatic rings. The van der Waals surface area contributed by atoms with E-state index in [0.717, 1.165) is 25.8 Å². The summed E-state index contributed by atoms with van der Waals surface area (Å²) in [6.07, 6.45) is 2.98. The lowest BCUT2D eigenvalue weighted by atomic mass is 10.1. The van der Waals surface area contributed by atoms with Gasteiger partial charge in [0.25, 0.3) is 0 Å². The molecule has 76 valence electrons. The van der Waals surface area contributed by atoms with Crippen LogP contribution in [0.3, 0.4) is 0 Å². The van der Waals surface area contributed by atoms with Crippen molar-refractivity contribution < 1.29 is 9.53 Å². The monoisotopic (exact) mass is 186 g/mol. The summed E-state index contributed by atoms with van der Waals surface area (Å²) in [5.41, 5.74) is 5.77. The maximum absolute atomic E-state index is 11.1. The van der Waals surface area contributed by atoms with Crippen LogP contribution in [0.1, 0.15) is 19.3 Å². The number of nitrogens with two attached hydrogens (primary N) is 1. The zero-order chi connectivity index (χ0) is 9.84. The topological polar surface area (TPSA) is 55.6 Å². The molecule has 4 heteroatoms. The highest BCUT2D eigenvalue weighted by Gasteiger charge is 2.24. The lowest BCUT2D eigenvalue weighted by Gasteiger charge is -2.19. The number of methoxy groups -OCH3 is 1. The quantitative estimate of drug-likeness (QED) is 0.694. The Morgan fingerprint density at radius 3 is 2.77 bits per heavy atom. The molecule has 2 N–H and O–H groups in total. The van der Waals surface area contributed by atoms with Gasteiger partial charge in [0.1, 0.15) is 0 Å². The summed E-state index contributed by atoms with van der Waals surface area (Å²) < 4.78 is 4.60. The second-order valence-corrected chi connectivity index (χ2v) is 3.79. The van der Waals surface area contributed by atoms with E-state index in [1.165, 1.54) is 7.11 Å². The van der Waals surface area contributed by atoms with Gasteiger partial charge in [0, 0.05) is 19.6 Å². The molecule has 1 fully saturated rings. The summed E-state index contributed by atoms with van der Waals surface area (Å²) in [5.74, 6) is 0.555. The predicted octanol–water partition coefficient (Wildman–Crippen LogP) is 0.812. The number of ether oxygens (including phenoxy) is 1. The van der Waals surface area contributed by atoms with Crippen molar-refractivity contribution in [3.63, 3.8) is 0 Å². The minimum absolute atomic E-state index is 0.263. The molecule has 1 aliphatic rings. The van der Waals surface area contributed by atoms with Crippen molar-refractivity contribution >= 4 is 6.09 Å². The van der Waals surface area contributed by atoms with E-state index >= 15 is 0 Å². The molecule has 0 aromatic carbocycles. The van der Waals surface area contributed by atoms with Gasteiger partial charge in [-0.3, -0.25) is 0 Å². The number of rotatable bonds is 2. The SMILES string of the molecule is COC(=O)N(C)CC1CCC(N)C1. The Morgan fingerprint density at radius 2 is 2.31 bits per heavy atom. The van der Waals surface area contributed by atoms with E-state index in [9.17, 15) is 4.79 Å². The molecule has 1 aliphatic carbocycles. The first kappa shape index (κ1) is 10.3. The Morgan fingerprint density at radius 1 is 1.62 bits per heavy atom. The van der Waals surface area contributed by atoms with Gasteiger partial charge in [0.2, 0.25) is 0 Å². The van der Waals surface area contributed by atoms with Crippen molar-refractivity contribution in [3.8, 4) is 0 Å². The Hall–Kier alpha value is -0.770. The second kappa shape index (κ2) is 4.46. The number of carbonyl (C=O) groups is 1. The fourth-order valence-corrected chi connectivity index (χ4v) is 1.90. The molecular formula is C9H18N2O2. The van der Waals surface area contributed by atoms with Crippen LogP contribution in [0, 0.1) is 5.92 Å². The van der Waals surface area contributed by atoms with E-state index < -0.39 is 0 Å². The van der Waals surface area contributed by atoms with Crippen LogP contribution in [-0.2, 0) is 4.74 Å². The number of amides is 1. The van der Waals surface area contributed by atoms with E-state index in [1.54, 1.807) is 11.9 Å². The van der Waals surface area contributed by atoms with E-state index in [4.69, 9.17) is 5.73 Å². The maximum atomic E-state index is 11.1. The molecule has 0 spiro atoms. The molecule has 4 nitrogen and oxygen atoms in total. The van der Waals surface area contributed by atoms with Gasteiger partial charge in [0.15, 0.2) is 0 Å². The van der Waals surface area contributed by atoms with E-state index in [1.807, 2.05) is 0 Å². The van der Waals surface area contributed by atoms with E-state index in [0.29, 0.717) is 12.0 Å². The number of hydrogen-bond acceptors (Lipinski definition) is 3. The van der Waals surface area contributed by atoms with Crippen molar-refractivity contribution in [2.24, 2.45) is 11.7 Å². The van der Waals surface area contributed by atoms with Crippen molar-refractivity contribution in [1.29, 1.82) is 0 Å². The first-order chi connectivity index (χ1) is 6.13. The summed E-state index contributed by atoms with van der Waals surface area (Å²) in [4.78, 5) is 12.7. The first-order valence-electron chi connectivity index (χ1n) is 4.68. The third-order valence-corrected chi connectivity index (χ3v) is 2.60. The third kappa shape index (κ3) is 2.88. The van der Waals surface area contributed by atoms with Crippen molar-refractivity contribution in [2.45, 2.75) is 25.3 Å². The van der Waals surface area contributed by atoms with Crippen LogP contribution in [0.4, 0.5) is 4.79 Å². The average molecular weight is 186 g/mol. The highest BCUT2D eigenvalue weighted by Crippen LogP contribution is 2.24. The molecule has 13 heavy (non-hydrogen) atoms. The lowest BCUT2D eigenvalue weighted by molar-refractivity contribution is 0.127. The zero-order valence-electron chi connectivity index (χ0n) is 8.32. The van der Waals surface area contributed by atoms with Gasteiger partial charge in [-0.2, -0.15) is 0 Å². The largest absolute Gasteiger partial charge is 0.453 e. The van der Waals surface area contributed by atoms with Gasteiger partial charge < -0.3 is 15.4 Å². The van der Waals surface area contributed by atoms with Crippen LogP contribution in [-0.4, -0.2) is 37.7 Å². The molecule has 1 amide bonds. The normalized spacial score (nSPS) is 27.3. The molecule has 1 saturated carbocycles. The highest BCUT2D eigenvalue weighted by atomic mass is 16.5. The van der Waals surface area contributed by atoms with Crippen LogP contribution in [0.5, 0.6) is 0 Å². The summed E-state index contributed by atoms with van der Waals surface area (Å²) in [6.45, 7) is 0.764. The summed E-state index contributed by atoms with van der Waals surface area (Å²) in [5, 5.41) is 0. The van der Waals surface area contributed by atoms with Crippen LogP contribution >= 0.6 is 0 Å². The molecule has 0 bridgehead atoms. The predicted molar refractivity (Wildman–Crippen MR) is 50.4 cm³/mol. The Kier molecular flexibility index (Phi) is 3.54. The fourth-order valence-electron chi connectivity index (χ4n) is 1.90. The van der Waals surface area contributed by atoms with Gasteiger partial charge >= 0.3 is 6.09 Å². The van der Waals surface area contributed by atoms with Crippen LogP contribution < -0.4 is 5.73 Å². The Balaban J connectivity index is 2.28. The van der Waals surface area contributed by atoms with Gasteiger partial charge in [-0.15, -0.1) is 0 Å². The summed E-state index contributed by atoms with van der Waals surface area (Å²) in [7, 11) is 3.16. The van der Waals surface area contributed by atoms with Crippen molar-refractivity contribution in [3.05, 3.63) is 0 Å². The molecule has 2 atom stereocenters. The maximum Gasteiger partial charge on any atom is 0.409 e.